The normalized spacial score (nSPS) is 13.7. The van der Waals surface area contributed by atoms with Gasteiger partial charge in [0.15, 0.2) is 0 Å². The molecule has 2 N–H and O–H groups in total. The monoisotopic (exact) mass is 428 g/mol. The number of hydrogen-bond donors (Lipinski definition) is 2. The fourth-order valence-electron chi connectivity index (χ4n) is 3.85. The van der Waals surface area contributed by atoms with Gasteiger partial charge >= 0.3 is 0 Å². The molecule has 0 saturated heterocycles. The van der Waals surface area contributed by atoms with Gasteiger partial charge in [0.05, 0.1) is 24.6 Å². The molecule has 0 atom stereocenters. The molecule has 4 aromatic rings. The molecule has 1 fully saturated rings. The predicted molar refractivity (Wildman–Crippen MR) is 123 cm³/mol. The Kier molecular flexibility index (Phi) is 5.33. The van der Waals surface area contributed by atoms with E-state index >= 15 is 0 Å². The Balaban J connectivity index is 1.38. The Morgan fingerprint density at radius 2 is 2.03 bits per heavy atom. The molecular weight excluding hydrogens is 404 g/mol. The molecule has 1 aliphatic carbocycles. The van der Waals surface area contributed by atoms with Gasteiger partial charge in [-0.05, 0) is 60.5 Å². The summed E-state index contributed by atoms with van der Waals surface area (Å²) in [5, 5.41) is 18.7. The van der Waals surface area contributed by atoms with Crippen LogP contribution in [0.1, 0.15) is 35.3 Å². The average Bonchev–Trinajstić information content (AvgIpc) is 3.16. The number of aryl methyl sites for hydroxylation is 1. The van der Waals surface area contributed by atoms with E-state index in [0.29, 0.717) is 11.4 Å². The number of nitrogens with one attached hydrogen (secondary N) is 1. The number of carbonyl (C=O) groups is 1. The summed E-state index contributed by atoms with van der Waals surface area (Å²) in [6.45, 7) is -0.0922. The lowest BCUT2D eigenvalue weighted by atomic mass is 9.96. The predicted octanol–water partition coefficient (Wildman–Crippen LogP) is 4.31. The molecule has 7 nitrogen and oxygen atoms in total. The van der Waals surface area contributed by atoms with E-state index in [1.54, 1.807) is 36.3 Å². The quantitative estimate of drug-likeness (QED) is 0.478. The summed E-state index contributed by atoms with van der Waals surface area (Å²) in [6.07, 6.45) is 7.07. The van der Waals surface area contributed by atoms with Crippen LogP contribution < -0.4 is 10.1 Å². The van der Waals surface area contributed by atoms with Crippen LogP contribution in [-0.4, -0.2) is 31.9 Å². The molecule has 7 heteroatoms. The number of aliphatic hydroxyl groups is 1. The van der Waals surface area contributed by atoms with Gasteiger partial charge in [0.25, 0.3) is 5.91 Å². The van der Waals surface area contributed by atoms with Gasteiger partial charge in [-0.2, -0.15) is 5.10 Å². The molecule has 5 rings (SSSR count). The number of carbonyl (C=O) groups excluding carboxylic acids is 1. The van der Waals surface area contributed by atoms with Crippen LogP contribution in [0.15, 0.2) is 60.9 Å². The molecule has 0 aliphatic heterocycles. The first kappa shape index (κ1) is 20.2. The molecular formula is C25H24N4O3. The Hall–Kier alpha value is -3.71. The first-order valence-corrected chi connectivity index (χ1v) is 10.7. The highest BCUT2D eigenvalue weighted by Crippen LogP contribution is 2.28. The molecule has 162 valence electrons. The fraction of sp³-hybridized carbons (Fsp3) is 0.240. The van der Waals surface area contributed by atoms with Gasteiger partial charge in [-0.25, -0.2) is 4.98 Å². The lowest BCUT2D eigenvalue weighted by Crippen LogP contribution is -2.24. The molecule has 1 amide bonds. The summed E-state index contributed by atoms with van der Waals surface area (Å²) < 4.78 is 7.57. The zero-order valence-electron chi connectivity index (χ0n) is 17.8. The largest absolute Gasteiger partial charge is 0.490 e. The third kappa shape index (κ3) is 3.94. The number of hydrogen-bond acceptors (Lipinski definition) is 5. The van der Waals surface area contributed by atoms with Crippen molar-refractivity contribution in [3.05, 3.63) is 72.2 Å². The first-order chi connectivity index (χ1) is 15.6. The number of aliphatic hydroxyl groups excluding tert-OH is 1. The van der Waals surface area contributed by atoms with Gasteiger partial charge in [-0.1, -0.05) is 18.2 Å². The van der Waals surface area contributed by atoms with E-state index in [0.717, 1.165) is 46.2 Å². The standard InChI is InChI=1S/C25H24N4O3/c1-29-23(15-30)22(14-27-29)16-8-9-18-13-26-24(12-19(18)10-16)28-25(31)17-4-2-7-21(11-17)32-20-5-3-6-20/h2,4,7-14,20,30H,3,5-6,15H2,1H3,(H,26,28,31). The minimum absolute atomic E-state index is 0.0922. The summed E-state index contributed by atoms with van der Waals surface area (Å²) >= 11 is 0. The van der Waals surface area contributed by atoms with Gasteiger partial charge in [0.1, 0.15) is 11.6 Å². The van der Waals surface area contributed by atoms with Gasteiger partial charge < -0.3 is 15.2 Å². The van der Waals surface area contributed by atoms with Crippen LogP contribution in [0.2, 0.25) is 0 Å². The number of aromatic nitrogens is 3. The van der Waals surface area contributed by atoms with Gasteiger partial charge in [0, 0.05) is 29.8 Å². The van der Waals surface area contributed by atoms with E-state index in [1.165, 1.54) is 6.42 Å². The maximum absolute atomic E-state index is 12.8. The smallest absolute Gasteiger partial charge is 0.256 e. The minimum atomic E-state index is -0.234. The Morgan fingerprint density at radius 1 is 1.16 bits per heavy atom. The van der Waals surface area contributed by atoms with Gasteiger partial charge in [0.2, 0.25) is 0 Å². The fourth-order valence-corrected chi connectivity index (χ4v) is 3.85. The highest BCUT2D eigenvalue weighted by atomic mass is 16.5. The molecule has 2 aromatic heterocycles. The van der Waals surface area contributed by atoms with Crippen molar-refractivity contribution in [1.29, 1.82) is 0 Å². The topological polar surface area (TPSA) is 89.3 Å². The van der Waals surface area contributed by atoms with E-state index in [-0.39, 0.29) is 18.6 Å². The van der Waals surface area contributed by atoms with Gasteiger partial charge in [-0.15, -0.1) is 0 Å². The second kappa shape index (κ2) is 8.43. The summed E-state index contributed by atoms with van der Waals surface area (Å²) in [5.74, 6) is 0.954. The number of nitrogens with zero attached hydrogens (tertiary/aromatic N) is 3. The van der Waals surface area contributed by atoms with Crippen LogP contribution in [0.3, 0.4) is 0 Å². The van der Waals surface area contributed by atoms with E-state index in [4.69, 9.17) is 4.74 Å². The number of benzene rings is 2. The highest BCUT2D eigenvalue weighted by molar-refractivity contribution is 6.04. The third-order valence-electron chi connectivity index (χ3n) is 5.94. The second-order valence-electron chi connectivity index (χ2n) is 8.07. The van der Waals surface area contributed by atoms with Crippen LogP contribution in [0.5, 0.6) is 5.75 Å². The molecule has 0 bridgehead atoms. The van der Waals surface area contributed by atoms with Crippen molar-refractivity contribution in [2.45, 2.75) is 32.0 Å². The minimum Gasteiger partial charge on any atom is -0.490 e. The van der Waals surface area contributed by atoms with Crippen LogP contribution in [0.4, 0.5) is 5.82 Å². The lowest BCUT2D eigenvalue weighted by Gasteiger charge is -2.26. The molecule has 1 saturated carbocycles. The maximum Gasteiger partial charge on any atom is 0.256 e. The number of rotatable bonds is 6. The van der Waals surface area contributed by atoms with Crippen molar-refractivity contribution in [1.82, 2.24) is 14.8 Å². The van der Waals surface area contributed by atoms with Crippen molar-refractivity contribution >= 4 is 22.5 Å². The first-order valence-electron chi connectivity index (χ1n) is 10.7. The van der Waals surface area contributed by atoms with Crippen molar-refractivity contribution in [2.24, 2.45) is 7.05 Å². The van der Waals surface area contributed by atoms with Crippen LogP contribution >= 0.6 is 0 Å². The number of amides is 1. The van der Waals surface area contributed by atoms with Crippen molar-refractivity contribution in [3.8, 4) is 16.9 Å². The highest BCUT2D eigenvalue weighted by Gasteiger charge is 2.19. The summed E-state index contributed by atoms with van der Waals surface area (Å²) in [4.78, 5) is 17.2. The van der Waals surface area contributed by atoms with E-state index in [9.17, 15) is 9.90 Å². The van der Waals surface area contributed by atoms with E-state index < -0.39 is 0 Å². The number of fused-ring (bicyclic) bond motifs is 1. The zero-order chi connectivity index (χ0) is 22.1. The molecule has 0 spiro atoms. The van der Waals surface area contributed by atoms with Gasteiger partial charge in [-0.3, -0.25) is 9.48 Å². The summed E-state index contributed by atoms with van der Waals surface area (Å²) in [7, 11) is 1.81. The number of pyridine rings is 1. The van der Waals surface area contributed by atoms with Crippen molar-refractivity contribution in [3.63, 3.8) is 0 Å². The molecule has 0 radical (unpaired) electrons. The maximum atomic E-state index is 12.8. The Labute approximate surface area is 185 Å². The van der Waals surface area contributed by atoms with Crippen molar-refractivity contribution in [2.75, 3.05) is 5.32 Å². The SMILES string of the molecule is Cn1ncc(-c2ccc3cnc(NC(=O)c4cccc(OC5CCC5)c4)cc3c2)c1CO. The Bertz CT molecular complexity index is 1290. The summed E-state index contributed by atoms with van der Waals surface area (Å²) in [5.41, 5.74) is 3.10. The molecule has 0 unspecified atom stereocenters. The third-order valence-corrected chi connectivity index (χ3v) is 5.94. The van der Waals surface area contributed by atoms with E-state index in [1.807, 2.05) is 36.4 Å². The second-order valence-corrected chi connectivity index (χ2v) is 8.07. The molecule has 2 heterocycles. The molecule has 1 aliphatic rings. The van der Waals surface area contributed by atoms with E-state index in [2.05, 4.69) is 15.4 Å². The number of ether oxygens (including phenoxy) is 1. The Morgan fingerprint density at radius 3 is 2.81 bits per heavy atom. The zero-order valence-corrected chi connectivity index (χ0v) is 17.8. The molecule has 32 heavy (non-hydrogen) atoms. The van der Waals surface area contributed by atoms with Crippen LogP contribution in [0.25, 0.3) is 21.9 Å². The molecule has 2 aromatic carbocycles. The van der Waals surface area contributed by atoms with Crippen LogP contribution in [0, 0.1) is 0 Å². The average molecular weight is 428 g/mol. The van der Waals surface area contributed by atoms with Crippen LogP contribution in [-0.2, 0) is 13.7 Å². The number of anilines is 1. The summed E-state index contributed by atoms with van der Waals surface area (Å²) in [6, 6.07) is 15.0. The van der Waals surface area contributed by atoms with Crippen molar-refractivity contribution < 1.29 is 14.6 Å². The lowest BCUT2D eigenvalue weighted by molar-refractivity contribution is 0.102.